The summed E-state index contributed by atoms with van der Waals surface area (Å²) in [6.45, 7) is 1.72. The number of fused-ring (bicyclic) bond motifs is 1. The Morgan fingerprint density at radius 3 is 2.80 bits per heavy atom. The number of hydrogen-bond acceptors (Lipinski definition) is 4. The molecule has 25 heavy (non-hydrogen) atoms. The van der Waals surface area contributed by atoms with E-state index in [1.807, 2.05) is 18.2 Å². The molecule has 0 spiro atoms. The number of nitrogens with zero attached hydrogens (tertiary/aromatic N) is 1. The van der Waals surface area contributed by atoms with E-state index in [4.69, 9.17) is 4.74 Å². The van der Waals surface area contributed by atoms with Gasteiger partial charge in [0.05, 0.1) is 17.1 Å². The van der Waals surface area contributed by atoms with Crippen LogP contribution in [0.3, 0.4) is 0 Å². The number of aromatic amines is 1. The van der Waals surface area contributed by atoms with E-state index < -0.39 is 0 Å². The highest BCUT2D eigenvalue weighted by molar-refractivity contribution is 5.96. The highest BCUT2D eigenvalue weighted by Gasteiger charge is 2.22. The molecule has 8 heteroatoms. The van der Waals surface area contributed by atoms with Crippen molar-refractivity contribution in [3.8, 4) is 0 Å². The van der Waals surface area contributed by atoms with Gasteiger partial charge in [0.2, 0.25) is 5.91 Å². The van der Waals surface area contributed by atoms with Crippen LogP contribution in [-0.4, -0.2) is 35.1 Å². The summed E-state index contributed by atoms with van der Waals surface area (Å²) in [6.07, 6.45) is 5.33. The summed E-state index contributed by atoms with van der Waals surface area (Å²) in [7, 11) is 0. The zero-order valence-electron chi connectivity index (χ0n) is 13.9. The van der Waals surface area contributed by atoms with Gasteiger partial charge in [-0.1, -0.05) is 6.42 Å². The van der Waals surface area contributed by atoms with Gasteiger partial charge >= 0.3 is 0 Å². The van der Waals surface area contributed by atoms with Crippen molar-refractivity contribution >= 4 is 47.4 Å². The second kappa shape index (κ2) is 8.85. The zero-order valence-corrected chi connectivity index (χ0v) is 15.5. The quantitative estimate of drug-likeness (QED) is 0.755. The van der Waals surface area contributed by atoms with Crippen LogP contribution in [-0.2, 0) is 9.53 Å². The zero-order chi connectivity index (χ0) is 15.6. The van der Waals surface area contributed by atoms with E-state index in [1.165, 1.54) is 0 Å². The number of carbonyl (C=O) groups is 1. The Morgan fingerprint density at radius 1 is 1.20 bits per heavy atom. The fourth-order valence-corrected chi connectivity index (χ4v) is 3.36. The van der Waals surface area contributed by atoms with Gasteiger partial charge in [0.25, 0.3) is 0 Å². The number of ether oxygens (including phenoxy) is 1. The first-order valence-electron chi connectivity index (χ1n) is 8.45. The molecule has 2 aliphatic heterocycles. The van der Waals surface area contributed by atoms with Crippen LogP contribution < -0.4 is 10.6 Å². The number of nitrogens with one attached hydrogen (secondary N) is 3. The number of H-pyrrole nitrogens is 1. The normalized spacial score (nSPS) is 22.9. The molecule has 0 aliphatic carbocycles. The van der Waals surface area contributed by atoms with E-state index in [0.29, 0.717) is 0 Å². The number of aromatic nitrogens is 2. The summed E-state index contributed by atoms with van der Waals surface area (Å²) in [6, 6.07) is 5.71. The highest BCUT2D eigenvalue weighted by atomic mass is 35.5. The minimum absolute atomic E-state index is 0. The maximum atomic E-state index is 12.3. The second-order valence-electron chi connectivity index (χ2n) is 6.35. The number of piperidine rings is 1. The molecule has 0 radical (unpaired) electrons. The van der Waals surface area contributed by atoms with Gasteiger partial charge in [-0.3, -0.25) is 4.79 Å². The first kappa shape index (κ1) is 20.0. The number of anilines is 1. The Morgan fingerprint density at radius 2 is 2.08 bits per heavy atom. The lowest BCUT2D eigenvalue weighted by atomic mass is 10.0. The largest absolute Gasteiger partial charge is 0.370 e. The Hall–Kier alpha value is -1.34. The molecule has 2 aliphatic rings. The molecule has 2 fully saturated rings. The van der Waals surface area contributed by atoms with Gasteiger partial charge in [0, 0.05) is 12.3 Å². The monoisotopic (exact) mass is 386 g/mol. The van der Waals surface area contributed by atoms with Crippen LogP contribution in [0.5, 0.6) is 0 Å². The molecular formula is C17H24Cl2N4O2. The van der Waals surface area contributed by atoms with E-state index in [-0.39, 0.29) is 42.9 Å². The molecule has 3 heterocycles. The van der Waals surface area contributed by atoms with Gasteiger partial charge in [-0.15, -0.1) is 24.8 Å². The maximum absolute atomic E-state index is 12.3. The number of imidazole rings is 1. The van der Waals surface area contributed by atoms with E-state index in [9.17, 15) is 4.79 Å². The molecule has 4 rings (SSSR count). The highest BCUT2D eigenvalue weighted by Crippen LogP contribution is 2.28. The first-order valence-corrected chi connectivity index (χ1v) is 8.45. The van der Waals surface area contributed by atoms with Crippen LogP contribution in [0.15, 0.2) is 18.2 Å². The maximum Gasteiger partial charge on any atom is 0.241 e. The fraction of sp³-hybridized carbons (Fsp3) is 0.529. The van der Waals surface area contributed by atoms with Gasteiger partial charge in [-0.25, -0.2) is 4.98 Å². The number of rotatable bonds is 3. The summed E-state index contributed by atoms with van der Waals surface area (Å²) < 4.78 is 5.67. The molecule has 1 aromatic heterocycles. The van der Waals surface area contributed by atoms with Crippen molar-refractivity contribution in [2.45, 2.75) is 44.2 Å². The van der Waals surface area contributed by atoms with Crippen molar-refractivity contribution in [2.24, 2.45) is 0 Å². The molecule has 2 saturated heterocycles. The molecule has 1 amide bonds. The number of halogens is 2. The topological polar surface area (TPSA) is 79.0 Å². The van der Waals surface area contributed by atoms with Crippen LogP contribution in [0.4, 0.5) is 5.69 Å². The lowest BCUT2D eigenvalue weighted by Crippen LogP contribution is -2.43. The molecular weight excluding hydrogens is 363 g/mol. The summed E-state index contributed by atoms with van der Waals surface area (Å²) in [5.41, 5.74) is 2.65. The Bertz CT molecular complexity index is 710. The smallest absolute Gasteiger partial charge is 0.241 e. The third-order valence-electron chi connectivity index (χ3n) is 4.63. The van der Waals surface area contributed by atoms with Gasteiger partial charge in [0.1, 0.15) is 11.9 Å². The molecule has 138 valence electrons. The average Bonchev–Trinajstić information content (AvgIpc) is 3.24. The number of amides is 1. The van der Waals surface area contributed by atoms with Gasteiger partial charge in [-0.2, -0.15) is 0 Å². The molecule has 0 saturated carbocycles. The minimum Gasteiger partial charge on any atom is -0.370 e. The van der Waals surface area contributed by atoms with Crippen LogP contribution >= 0.6 is 24.8 Å². The van der Waals surface area contributed by atoms with Gasteiger partial charge < -0.3 is 20.4 Å². The predicted molar refractivity (Wildman–Crippen MR) is 103 cm³/mol. The van der Waals surface area contributed by atoms with Crippen LogP contribution in [0, 0.1) is 0 Å². The fourth-order valence-electron chi connectivity index (χ4n) is 3.36. The second-order valence-corrected chi connectivity index (χ2v) is 6.35. The number of benzene rings is 1. The van der Waals surface area contributed by atoms with Gasteiger partial charge in [0.15, 0.2) is 0 Å². The van der Waals surface area contributed by atoms with Gasteiger partial charge in [-0.05, 0) is 50.4 Å². The summed E-state index contributed by atoms with van der Waals surface area (Å²) >= 11 is 0. The number of carbonyl (C=O) groups excluding carboxylic acids is 1. The van der Waals surface area contributed by atoms with Crippen molar-refractivity contribution in [3.63, 3.8) is 0 Å². The third kappa shape index (κ3) is 4.44. The summed E-state index contributed by atoms with van der Waals surface area (Å²) in [4.78, 5) is 20.2. The molecule has 2 atom stereocenters. The third-order valence-corrected chi connectivity index (χ3v) is 4.63. The summed E-state index contributed by atoms with van der Waals surface area (Å²) in [5.74, 6) is 0.929. The van der Waals surface area contributed by atoms with Crippen molar-refractivity contribution in [3.05, 3.63) is 24.0 Å². The lowest BCUT2D eigenvalue weighted by molar-refractivity contribution is -0.118. The van der Waals surface area contributed by atoms with E-state index in [2.05, 4.69) is 20.6 Å². The molecule has 2 aromatic rings. The molecule has 1 aromatic carbocycles. The Kier molecular flexibility index (Phi) is 7.07. The van der Waals surface area contributed by atoms with Crippen LogP contribution in [0.1, 0.15) is 44.0 Å². The minimum atomic E-state index is -0.0799. The first-order chi connectivity index (χ1) is 11.3. The van der Waals surface area contributed by atoms with Crippen molar-refractivity contribution in [2.75, 3.05) is 18.5 Å². The van der Waals surface area contributed by atoms with E-state index >= 15 is 0 Å². The SMILES string of the molecule is Cl.Cl.O=C(Nc1ccc2nc(C3CCCO3)[nH]c2c1)C1CCCCN1. The van der Waals surface area contributed by atoms with Crippen LogP contribution in [0.2, 0.25) is 0 Å². The molecule has 3 N–H and O–H groups in total. The van der Waals surface area contributed by atoms with Crippen LogP contribution in [0.25, 0.3) is 11.0 Å². The predicted octanol–water partition coefficient (Wildman–Crippen LogP) is 3.34. The van der Waals surface area contributed by atoms with Crippen molar-refractivity contribution in [1.29, 1.82) is 0 Å². The Labute approximate surface area is 159 Å². The average molecular weight is 387 g/mol. The molecule has 0 bridgehead atoms. The van der Waals surface area contributed by atoms with Crippen molar-refractivity contribution < 1.29 is 9.53 Å². The number of hydrogen-bond donors (Lipinski definition) is 3. The van der Waals surface area contributed by atoms with E-state index in [0.717, 1.165) is 67.8 Å². The summed E-state index contributed by atoms with van der Waals surface area (Å²) in [5, 5.41) is 6.27. The lowest BCUT2D eigenvalue weighted by Gasteiger charge is -2.22. The standard InChI is InChI=1S/C17H22N4O2.2ClH/c22-17(13-4-1-2-8-18-13)19-11-6-7-12-14(10-11)21-16(20-12)15-5-3-9-23-15;;/h6-7,10,13,15,18H,1-5,8-9H2,(H,19,22)(H,20,21);2*1H. The molecule has 6 nitrogen and oxygen atoms in total. The van der Waals surface area contributed by atoms with E-state index in [1.54, 1.807) is 0 Å². The molecule has 2 unspecified atom stereocenters. The Balaban J connectivity index is 0.00000113. The van der Waals surface area contributed by atoms with Crippen molar-refractivity contribution in [1.82, 2.24) is 15.3 Å².